The van der Waals surface area contributed by atoms with Crippen molar-refractivity contribution in [2.24, 2.45) is 5.41 Å². The first-order valence-electron chi connectivity index (χ1n) is 4.85. The van der Waals surface area contributed by atoms with Gasteiger partial charge in [0.1, 0.15) is 0 Å². The van der Waals surface area contributed by atoms with Gasteiger partial charge >= 0.3 is 0 Å². The molecule has 0 spiro atoms. The molecule has 0 bridgehead atoms. The van der Waals surface area contributed by atoms with E-state index in [0.29, 0.717) is 6.04 Å². The lowest BCUT2D eigenvalue weighted by atomic mass is 9.93. The van der Waals surface area contributed by atoms with E-state index < -0.39 is 0 Å². The Kier molecular flexibility index (Phi) is 2.97. The van der Waals surface area contributed by atoms with Crippen LogP contribution in [0.3, 0.4) is 0 Å². The third kappa shape index (κ3) is 3.49. The van der Waals surface area contributed by atoms with Crippen molar-refractivity contribution >= 4 is 0 Å². The van der Waals surface area contributed by atoms with Gasteiger partial charge in [-0.05, 0) is 26.0 Å². The third-order valence-corrected chi connectivity index (χ3v) is 1.95. The average molecular weight is 177 g/mol. The minimum absolute atomic E-state index is 0.177. The minimum atomic E-state index is 0.177. The lowest BCUT2D eigenvalue weighted by Gasteiger charge is -2.13. The summed E-state index contributed by atoms with van der Waals surface area (Å²) < 4.78 is 0. The van der Waals surface area contributed by atoms with Gasteiger partial charge in [0.15, 0.2) is 0 Å². The first-order valence-corrected chi connectivity index (χ1v) is 4.85. The molecule has 0 aliphatic heterocycles. The summed E-state index contributed by atoms with van der Waals surface area (Å²) in [4.78, 5) is 0. The molecule has 0 aromatic heterocycles. The molecule has 1 heteroatoms. The second-order valence-electron chi connectivity index (χ2n) is 4.43. The SMILES string of the molecule is CC(C)NC1=CC=CC(C)(C)C=C1. The summed E-state index contributed by atoms with van der Waals surface area (Å²) in [5, 5.41) is 3.38. The van der Waals surface area contributed by atoms with Crippen LogP contribution in [0.15, 0.2) is 36.1 Å². The smallest absolute Gasteiger partial charge is 0.0339 e. The van der Waals surface area contributed by atoms with Crippen molar-refractivity contribution in [2.75, 3.05) is 0 Å². The van der Waals surface area contributed by atoms with E-state index in [1.54, 1.807) is 0 Å². The number of rotatable bonds is 2. The Morgan fingerprint density at radius 1 is 1.23 bits per heavy atom. The van der Waals surface area contributed by atoms with Gasteiger partial charge < -0.3 is 5.32 Å². The summed E-state index contributed by atoms with van der Waals surface area (Å²) in [6.07, 6.45) is 10.8. The van der Waals surface area contributed by atoms with Crippen LogP contribution in [0.2, 0.25) is 0 Å². The molecule has 0 amide bonds. The predicted octanol–water partition coefficient (Wildman–Crippen LogP) is 3.02. The molecule has 0 saturated carbocycles. The first kappa shape index (κ1) is 10.1. The fraction of sp³-hybridized carbons (Fsp3) is 0.500. The molecule has 0 atom stereocenters. The average Bonchev–Trinajstić information content (AvgIpc) is 2.12. The Bertz CT molecular complexity index is 254. The van der Waals surface area contributed by atoms with Gasteiger partial charge in [0.25, 0.3) is 0 Å². The van der Waals surface area contributed by atoms with Gasteiger partial charge in [-0.3, -0.25) is 0 Å². The number of nitrogens with one attached hydrogen (secondary N) is 1. The number of hydrogen-bond donors (Lipinski definition) is 1. The van der Waals surface area contributed by atoms with Crippen molar-refractivity contribution in [2.45, 2.75) is 33.7 Å². The van der Waals surface area contributed by atoms with Crippen LogP contribution in [0.25, 0.3) is 0 Å². The van der Waals surface area contributed by atoms with E-state index in [4.69, 9.17) is 0 Å². The monoisotopic (exact) mass is 177 g/mol. The van der Waals surface area contributed by atoms with Crippen LogP contribution < -0.4 is 5.32 Å². The molecule has 13 heavy (non-hydrogen) atoms. The molecule has 0 aromatic carbocycles. The highest BCUT2D eigenvalue weighted by Gasteiger charge is 2.10. The fourth-order valence-electron chi connectivity index (χ4n) is 1.25. The standard InChI is InChI=1S/C12H19N/c1-10(2)13-11-6-5-8-12(3,4)9-7-11/h5-10,13H,1-4H3. The zero-order valence-electron chi connectivity index (χ0n) is 8.96. The maximum absolute atomic E-state index is 3.38. The van der Waals surface area contributed by atoms with E-state index in [0.717, 1.165) is 0 Å². The Hall–Kier alpha value is -0.980. The van der Waals surface area contributed by atoms with Gasteiger partial charge in [-0.1, -0.05) is 32.1 Å². The summed E-state index contributed by atoms with van der Waals surface area (Å²) in [7, 11) is 0. The molecular formula is C12H19N. The van der Waals surface area contributed by atoms with Crippen molar-refractivity contribution in [1.82, 2.24) is 5.32 Å². The molecule has 0 saturated heterocycles. The first-order chi connectivity index (χ1) is 5.99. The highest BCUT2D eigenvalue weighted by atomic mass is 14.9. The van der Waals surface area contributed by atoms with Crippen molar-refractivity contribution in [3.8, 4) is 0 Å². The summed E-state index contributed by atoms with van der Waals surface area (Å²) >= 11 is 0. The van der Waals surface area contributed by atoms with Crippen molar-refractivity contribution in [3.05, 3.63) is 36.1 Å². The van der Waals surface area contributed by atoms with Crippen molar-refractivity contribution < 1.29 is 0 Å². The lowest BCUT2D eigenvalue weighted by Crippen LogP contribution is -2.20. The van der Waals surface area contributed by atoms with E-state index in [-0.39, 0.29) is 5.41 Å². The molecule has 1 rings (SSSR count). The second-order valence-corrected chi connectivity index (χ2v) is 4.43. The molecule has 72 valence electrons. The minimum Gasteiger partial charge on any atom is -0.383 e. The maximum Gasteiger partial charge on any atom is 0.0339 e. The normalized spacial score (nSPS) is 19.9. The molecule has 0 heterocycles. The summed E-state index contributed by atoms with van der Waals surface area (Å²) in [6, 6.07) is 0.491. The van der Waals surface area contributed by atoms with Gasteiger partial charge in [0, 0.05) is 17.2 Å². The zero-order chi connectivity index (χ0) is 9.90. The van der Waals surface area contributed by atoms with Crippen molar-refractivity contribution in [1.29, 1.82) is 0 Å². The predicted molar refractivity (Wildman–Crippen MR) is 58.4 cm³/mol. The van der Waals surface area contributed by atoms with Crippen LogP contribution in [-0.2, 0) is 0 Å². The summed E-state index contributed by atoms with van der Waals surface area (Å²) in [5.41, 5.74) is 1.37. The van der Waals surface area contributed by atoms with E-state index in [1.807, 2.05) is 0 Å². The van der Waals surface area contributed by atoms with Crippen LogP contribution in [0.4, 0.5) is 0 Å². The summed E-state index contributed by atoms with van der Waals surface area (Å²) in [5.74, 6) is 0. The Morgan fingerprint density at radius 2 is 1.92 bits per heavy atom. The van der Waals surface area contributed by atoms with Crippen molar-refractivity contribution in [3.63, 3.8) is 0 Å². The highest BCUT2D eigenvalue weighted by Crippen LogP contribution is 2.21. The maximum atomic E-state index is 3.38. The van der Waals surface area contributed by atoms with Crippen LogP contribution in [0.5, 0.6) is 0 Å². The van der Waals surface area contributed by atoms with E-state index in [1.165, 1.54) is 5.70 Å². The van der Waals surface area contributed by atoms with Crippen LogP contribution in [-0.4, -0.2) is 6.04 Å². The van der Waals surface area contributed by atoms with Gasteiger partial charge in [-0.2, -0.15) is 0 Å². The molecule has 0 radical (unpaired) electrons. The molecule has 1 aliphatic carbocycles. The highest BCUT2D eigenvalue weighted by molar-refractivity contribution is 5.29. The fourth-order valence-corrected chi connectivity index (χ4v) is 1.25. The summed E-state index contributed by atoms with van der Waals surface area (Å²) in [6.45, 7) is 8.70. The quantitative estimate of drug-likeness (QED) is 0.683. The van der Waals surface area contributed by atoms with E-state index >= 15 is 0 Å². The van der Waals surface area contributed by atoms with E-state index in [9.17, 15) is 0 Å². The van der Waals surface area contributed by atoms with Gasteiger partial charge in [-0.25, -0.2) is 0 Å². The topological polar surface area (TPSA) is 12.0 Å². The number of allylic oxidation sites excluding steroid dienone is 5. The molecule has 0 fully saturated rings. The number of hydrogen-bond acceptors (Lipinski definition) is 1. The van der Waals surface area contributed by atoms with Crippen LogP contribution in [0.1, 0.15) is 27.7 Å². The molecule has 1 nitrogen and oxygen atoms in total. The third-order valence-electron chi connectivity index (χ3n) is 1.95. The molecule has 1 aliphatic rings. The largest absolute Gasteiger partial charge is 0.383 e. The molecule has 0 unspecified atom stereocenters. The molecule has 1 N–H and O–H groups in total. The zero-order valence-corrected chi connectivity index (χ0v) is 8.96. The van der Waals surface area contributed by atoms with E-state index in [2.05, 4.69) is 63.4 Å². The lowest BCUT2D eigenvalue weighted by molar-refractivity contribution is 0.624. The Balaban J connectivity index is 2.71. The van der Waals surface area contributed by atoms with Gasteiger partial charge in [-0.15, -0.1) is 0 Å². The Morgan fingerprint density at radius 3 is 2.54 bits per heavy atom. The second kappa shape index (κ2) is 3.82. The Labute approximate surface area is 81.2 Å². The van der Waals surface area contributed by atoms with Gasteiger partial charge in [0.05, 0.1) is 0 Å². The van der Waals surface area contributed by atoms with Crippen LogP contribution in [0, 0.1) is 5.41 Å². The van der Waals surface area contributed by atoms with Crippen LogP contribution >= 0.6 is 0 Å². The molecule has 0 aromatic rings. The van der Waals surface area contributed by atoms with Gasteiger partial charge in [0.2, 0.25) is 0 Å². The molecular weight excluding hydrogens is 158 g/mol.